The van der Waals surface area contributed by atoms with Gasteiger partial charge in [-0.3, -0.25) is 0 Å². The molecule has 0 rings (SSSR count). The van der Waals surface area contributed by atoms with Crippen molar-refractivity contribution in [3.8, 4) is 11.5 Å². The Kier molecular flexibility index (Phi) is 10.9. The number of ether oxygens (including phenoxy) is 3. The summed E-state index contributed by atoms with van der Waals surface area (Å²) in [5.41, 5.74) is 3.36. The molecule has 0 bridgehead atoms. The molecule has 0 aromatic rings. The molecule has 1 atom stereocenters. The van der Waals surface area contributed by atoms with Gasteiger partial charge in [0.2, 0.25) is 0 Å². The van der Waals surface area contributed by atoms with Crippen molar-refractivity contribution in [2.24, 2.45) is 0 Å². The molecule has 0 aliphatic heterocycles. The van der Waals surface area contributed by atoms with Crippen LogP contribution in [0.15, 0.2) is 12.7 Å². The SMILES string of the molecule is C=CCCCC(C#C[Si](C)(C)C)OCOCCOC. The van der Waals surface area contributed by atoms with E-state index in [9.17, 15) is 0 Å². The molecule has 0 N–H and O–H groups in total. The molecule has 0 aliphatic rings. The summed E-state index contributed by atoms with van der Waals surface area (Å²) in [6.45, 7) is 11.8. The second kappa shape index (κ2) is 11.2. The van der Waals surface area contributed by atoms with Gasteiger partial charge < -0.3 is 14.2 Å². The number of hydrogen-bond donors (Lipinski definition) is 0. The van der Waals surface area contributed by atoms with Crippen LogP contribution in [-0.2, 0) is 14.2 Å². The first-order valence-corrected chi connectivity index (χ1v) is 10.3. The summed E-state index contributed by atoms with van der Waals surface area (Å²) in [5.74, 6) is 3.25. The first kappa shape index (κ1) is 18.4. The van der Waals surface area contributed by atoms with Crippen molar-refractivity contribution in [2.75, 3.05) is 27.1 Å². The van der Waals surface area contributed by atoms with Gasteiger partial charge in [-0.05, 0) is 19.3 Å². The highest BCUT2D eigenvalue weighted by molar-refractivity contribution is 6.83. The molecule has 110 valence electrons. The molecule has 0 saturated carbocycles. The average molecular weight is 284 g/mol. The van der Waals surface area contributed by atoms with Gasteiger partial charge in [-0.1, -0.05) is 31.6 Å². The smallest absolute Gasteiger partial charge is 0.148 e. The van der Waals surface area contributed by atoms with Crippen LogP contribution in [0.1, 0.15) is 19.3 Å². The van der Waals surface area contributed by atoms with E-state index in [0.717, 1.165) is 19.3 Å². The quantitative estimate of drug-likeness (QED) is 0.203. The van der Waals surface area contributed by atoms with Crippen LogP contribution >= 0.6 is 0 Å². The van der Waals surface area contributed by atoms with Crippen LogP contribution in [0.4, 0.5) is 0 Å². The molecule has 1 unspecified atom stereocenters. The lowest BCUT2D eigenvalue weighted by Gasteiger charge is -2.13. The average Bonchev–Trinajstić information content (AvgIpc) is 2.34. The van der Waals surface area contributed by atoms with Gasteiger partial charge in [-0.25, -0.2) is 0 Å². The minimum Gasteiger partial charge on any atom is -0.382 e. The summed E-state index contributed by atoms with van der Waals surface area (Å²) in [6.07, 6.45) is 4.87. The number of rotatable bonds is 10. The fourth-order valence-corrected chi connectivity index (χ4v) is 1.87. The predicted octanol–water partition coefficient (Wildman–Crippen LogP) is 3.23. The Bertz CT molecular complexity index is 286. The minimum atomic E-state index is -1.35. The summed E-state index contributed by atoms with van der Waals surface area (Å²) in [7, 11) is 0.305. The van der Waals surface area contributed by atoms with Crippen LogP contribution < -0.4 is 0 Å². The van der Waals surface area contributed by atoms with Gasteiger partial charge in [0.05, 0.1) is 13.2 Å². The van der Waals surface area contributed by atoms with Crippen molar-refractivity contribution < 1.29 is 14.2 Å². The zero-order valence-electron chi connectivity index (χ0n) is 12.8. The highest BCUT2D eigenvalue weighted by atomic mass is 28.3. The van der Waals surface area contributed by atoms with E-state index in [2.05, 4.69) is 37.7 Å². The van der Waals surface area contributed by atoms with E-state index in [4.69, 9.17) is 14.2 Å². The lowest BCUT2D eigenvalue weighted by molar-refractivity contribution is -0.0840. The fourth-order valence-electron chi connectivity index (χ4n) is 1.27. The summed E-state index contributed by atoms with van der Waals surface area (Å²) in [4.78, 5) is 0. The van der Waals surface area contributed by atoms with E-state index in [1.165, 1.54) is 0 Å². The number of methoxy groups -OCH3 is 1. The second-order valence-corrected chi connectivity index (χ2v) is 10.2. The van der Waals surface area contributed by atoms with Crippen LogP contribution in [-0.4, -0.2) is 41.3 Å². The van der Waals surface area contributed by atoms with E-state index in [1.807, 2.05) is 6.08 Å². The molecule has 0 saturated heterocycles. The predicted molar refractivity (Wildman–Crippen MR) is 82.7 cm³/mol. The van der Waals surface area contributed by atoms with Crippen LogP contribution in [0, 0.1) is 11.5 Å². The molecule has 0 radical (unpaired) electrons. The van der Waals surface area contributed by atoms with Crippen molar-refractivity contribution in [1.82, 2.24) is 0 Å². The molecule has 0 aromatic heterocycles. The van der Waals surface area contributed by atoms with Crippen molar-refractivity contribution in [3.05, 3.63) is 12.7 Å². The summed E-state index contributed by atoms with van der Waals surface area (Å²) in [5, 5.41) is 0. The lowest BCUT2D eigenvalue weighted by atomic mass is 10.1. The minimum absolute atomic E-state index is 0.0331. The Morgan fingerprint density at radius 1 is 1.26 bits per heavy atom. The molecule has 3 nitrogen and oxygen atoms in total. The third-order valence-electron chi connectivity index (χ3n) is 2.27. The van der Waals surface area contributed by atoms with Gasteiger partial charge in [-0.15, -0.1) is 12.1 Å². The van der Waals surface area contributed by atoms with E-state index in [-0.39, 0.29) is 12.9 Å². The van der Waals surface area contributed by atoms with E-state index in [1.54, 1.807) is 7.11 Å². The monoisotopic (exact) mass is 284 g/mol. The molecule has 0 aliphatic carbocycles. The molecule has 19 heavy (non-hydrogen) atoms. The highest BCUT2D eigenvalue weighted by Gasteiger charge is 2.10. The molecule has 0 heterocycles. The van der Waals surface area contributed by atoms with Crippen molar-refractivity contribution in [2.45, 2.75) is 45.0 Å². The molecule has 4 heteroatoms. The third kappa shape index (κ3) is 13.6. The van der Waals surface area contributed by atoms with Gasteiger partial charge in [0.1, 0.15) is 21.0 Å². The third-order valence-corrected chi connectivity index (χ3v) is 3.16. The molecule has 0 amide bonds. The summed E-state index contributed by atoms with van der Waals surface area (Å²) in [6, 6.07) is 0. The van der Waals surface area contributed by atoms with Gasteiger partial charge in [0, 0.05) is 7.11 Å². The molecular weight excluding hydrogens is 256 g/mol. The van der Waals surface area contributed by atoms with Gasteiger partial charge in [0.25, 0.3) is 0 Å². The Labute approximate surface area is 119 Å². The van der Waals surface area contributed by atoms with E-state index < -0.39 is 8.07 Å². The standard InChI is InChI=1S/C15H28O3Si/c1-6-7-8-9-15(10-13-19(3,4)5)18-14-17-12-11-16-2/h6,15H,1,7-9,11-12,14H2,2-5H3. The maximum absolute atomic E-state index is 5.67. The number of unbranched alkanes of at least 4 members (excludes halogenated alkanes) is 1. The van der Waals surface area contributed by atoms with Crippen LogP contribution in [0.5, 0.6) is 0 Å². The van der Waals surface area contributed by atoms with Gasteiger partial charge in [0.15, 0.2) is 0 Å². The highest BCUT2D eigenvalue weighted by Crippen LogP contribution is 2.06. The summed E-state index contributed by atoms with van der Waals surface area (Å²) >= 11 is 0. The maximum Gasteiger partial charge on any atom is 0.148 e. The van der Waals surface area contributed by atoms with Crippen LogP contribution in [0.2, 0.25) is 19.6 Å². The van der Waals surface area contributed by atoms with Crippen molar-refractivity contribution >= 4 is 8.07 Å². The second-order valence-electron chi connectivity index (χ2n) is 5.41. The largest absolute Gasteiger partial charge is 0.382 e. The Morgan fingerprint density at radius 3 is 2.58 bits per heavy atom. The number of allylic oxidation sites excluding steroid dienone is 1. The maximum atomic E-state index is 5.67. The fraction of sp³-hybridized carbons (Fsp3) is 0.733. The zero-order valence-corrected chi connectivity index (χ0v) is 13.8. The van der Waals surface area contributed by atoms with Gasteiger partial charge in [-0.2, -0.15) is 0 Å². The van der Waals surface area contributed by atoms with Crippen molar-refractivity contribution in [3.63, 3.8) is 0 Å². The first-order chi connectivity index (χ1) is 8.99. The zero-order chi connectivity index (χ0) is 14.6. The first-order valence-electron chi connectivity index (χ1n) is 6.81. The topological polar surface area (TPSA) is 27.7 Å². The molecular formula is C15H28O3Si. The molecule has 0 aromatic carbocycles. The number of hydrogen-bond acceptors (Lipinski definition) is 3. The Morgan fingerprint density at radius 2 is 2.00 bits per heavy atom. The van der Waals surface area contributed by atoms with Gasteiger partial charge >= 0.3 is 0 Å². The summed E-state index contributed by atoms with van der Waals surface area (Å²) < 4.78 is 15.9. The normalized spacial score (nSPS) is 12.6. The van der Waals surface area contributed by atoms with E-state index in [0.29, 0.717) is 13.2 Å². The van der Waals surface area contributed by atoms with Crippen LogP contribution in [0.3, 0.4) is 0 Å². The molecule has 0 fully saturated rings. The molecule has 0 spiro atoms. The Balaban J connectivity index is 4.09. The van der Waals surface area contributed by atoms with Crippen molar-refractivity contribution in [1.29, 1.82) is 0 Å². The Hall–Kier alpha value is -0.603. The van der Waals surface area contributed by atoms with Crippen LogP contribution in [0.25, 0.3) is 0 Å². The lowest BCUT2D eigenvalue weighted by Crippen LogP contribution is -2.20. The van der Waals surface area contributed by atoms with E-state index >= 15 is 0 Å².